The maximum absolute atomic E-state index is 12.0. The van der Waals surface area contributed by atoms with Gasteiger partial charge in [0, 0.05) is 6.42 Å². The molecule has 0 aliphatic heterocycles. The molecule has 0 amide bonds. The lowest BCUT2D eigenvalue weighted by Gasteiger charge is -2.08. The Balaban J connectivity index is 3.15. The fourth-order valence-electron chi connectivity index (χ4n) is 1.42. The first-order valence-corrected chi connectivity index (χ1v) is 6.74. The van der Waals surface area contributed by atoms with Crippen molar-refractivity contribution >= 4 is 15.8 Å². The lowest BCUT2D eigenvalue weighted by atomic mass is 10.1. The Hall–Kier alpha value is -1.50. The van der Waals surface area contributed by atoms with Crippen LogP contribution in [-0.4, -0.2) is 31.7 Å². The quantitative estimate of drug-likeness (QED) is 0.895. The predicted octanol–water partition coefficient (Wildman–Crippen LogP) is 2.12. The second-order valence-corrected chi connectivity index (χ2v) is 5.86. The molecule has 4 nitrogen and oxygen atoms in total. The predicted molar refractivity (Wildman–Crippen MR) is 60.8 cm³/mol. The Morgan fingerprint density at radius 2 is 2.00 bits per heavy atom. The van der Waals surface area contributed by atoms with Gasteiger partial charge in [-0.25, -0.2) is 22.0 Å². The molecular weight excluding hydrogens is 266 g/mol. The van der Waals surface area contributed by atoms with Crippen LogP contribution < -0.4 is 0 Å². The van der Waals surface area contributed by atoms with Crippen LogP contribution in [0.4, 0.5) is 8.78 Å². The van der Waals surface area contributed by atoms with E-state index in [0.717, 1.165) is 6.07 Å². The maximum atomic E-state index is 12.0. The molecule has 0 atom stereocenters. The Morgan fingerprint density at radius 1 is 1.39 bits per heavy atom. The number of benzene rings is 1. The van der Waals surface area contributed by atoms with E-state index in [9.17, 15) is 22.0 Å². The van der Waals surface area contributed by atoms with E-state index in [0.29, 0.717) is 5.56 Å². The zero-order valence-electron chi connectivity index (χ0n) is 9.56. The summed E-state index contributed by atoms with van der Waals surface area (Å²) in [6, 6.07) is 3.61. The van der Waals surface area contributed by atoms with Gasteiger partial charge in [0.2, 0.25) is 6.43 Å². The van der Waals surface area contributed by atoms with Crippen LogP contribution in [0.2, 0.25) is 0 Å². The van der Waals surface area contributed by atoms with Crippen LogP contribution >= 0.6 is 0 Å². The molecule has 7 heteroatoms. The molecule has 0 saturated heterocycles. The van der Waals surface area contributed by atoms with Crippen LogP contribution in [-0.2, 0) is 9.84 Å². The zero-order chi connectivity index (χ0) is 13.9. The molecule has 1 rings (SSSR count). The summed E-state index contributed by atoms with van der Waals surface area (Å²) >= 11 is 0. The maximum Gasteiger partial charge on any atom is 0.335 e. The van der Waals surface area contributed by atoms with Crippen molar-refractivity contribution in [3.05, 3.63) is 29.3 Å². The molecule has 1 aromatic carbocycles. The average molecular weight is 278 g/mol. The normalized spacial score (nSPS) is 11.8. The largest absolute Gasteiger partial charge is 0.478 e. The number of alkyl halides is 2. The van der Waals surface area contributed by atoms with Crippen molar-refractivity contribution in [3.63, 3.8) is 0 Å². The minimum absolute atomic E-state index is 0.184. The van der Waals surface area contributed by atoms with Crippen molar-refractivity contribution in [2.24, 2.45) is 0 Å². The van der Waals surface area contributed by atoms with Crippen molar-refractivity contribution in [2.75, 3.05) is 5.75 Å². The van der Waals surface area contributed by atoms with E-state index in [4.69, 9.17) is 5.11 Å². The van der Waals surface area contributed by atoms with Gasteiger partial charge in [-0.1, -0.05) is 6.07 Å². The molecule has 0 aliphatic carbocycles. The lowest BCUT2D eigenvalue weighted by molar-refractivity contribution is 0.0696. The molecule has 1 aromatic rings. The Kier molecular flexibility index (Phi) is 4.39. The third-order valence-corrected chi connectivity index (χ3v) is 4.26. The molecule has 0 aromatic heterocycles. The molecule has 0 spiro atoms. The lowest BCUT2D eigenvalue weighted by Crippen LogP contribution is -2.12. The molecule has 0 radical (unpaired) electrons. The van der Waals surface area contributed by atoms with Gasteiger partial charge < -0.3 is 5.11 Å². The molecule has 100 valence electrons. The van der Waals surface area contributed by atoms with Gasteiger partial charge in [-0.15, -0.1) is 0 Å². The Bertz CT molecular complexity index is 552. The smallest absolute Gasteiger partial charge is 0.335 e. The Labute approximate surface area is 103 Å². The van der Waals surface area contributed by atoms with Crippen molar-refractivity contribution in [3.8, 4) is 0 Å². The summed E-state index contributed by atoms with van der Waals surface area (Å²) in [4.78, 5) is 10.5. The molecule has 0 fully saturated rings. The topological polar surface area (TPSA) is 71.4 Å². The molecule has 0 bridgehead atoms. The van der Waals surface area contributed by atoms with Crippen molar-refractivity contribution in [2.45, 2.75) is 24.7 Å². The summed E-state index contributed by atoms with van der Waals surface area (Å²) in [5, 5.41) is 8.77. The number of hydrogen-bond donors (Lipinski definition) is 1. The van der Waals surface area contributed by atoms with Crippen LogP contribution in [0.25, 0.3) is 0 Å². The summed E-state index contributed by atoms with van der Waals surface area (Å²) in [5.74, 6) is -1.96. The highest BCUT2D eigenvalue weighted by molar-refractivity contribution is 7.91. The van der Waals surface area contributed by atoms with E-state index in [1.807, 2.05) is 0 Å². The number of aryl methyl sites for hydroxylation is 1. The van der Waals surface area contributed by atoms with E-state index < -0.39 is 34.4 Å². The van der Waals surface area contributed by atoms with E-state index in [2.05, 4.69) is 0 Å². The SMILES string of the molecule is Cc1ccc(C(=O)O)cc1S(=O)(=O)CCC(F)F. The first-order valence-electron chi connectivity index (χ1n) is 5.09. The van der Waals surface area contributed by atoms with Gasteiger partial charge >= 0.3 is 5.97 Å². The minimum Gasteiger partial charge on any atom is -0.478 e. The molecule has 0 saturated carbocycles. The number of carboxylic acids is 1. The molecule has 0 unspecified atom stereocenters. The van der Waals surface area contributed by atoms with Gasteiger partial charge in [-0.2, -0.15) is 0 Å². The third-order valence-electron chi connectivity index (χ3n) is 2.37. The number of aromatic carboxylic acids is 1. The highest BCUT2D eigenvalue weighted by atomic mass is 32.2. The fraction of sp³-hybridized carbons (Fsp3) is 0.364. The van der Waals surface area contributed by atoms with Gasteiger partial charge in [0.05, 0.1) is 16.2 Å². The number of carbonyl (C=O) groups is 1. The van der Waals surface area contributed by atoms with Crippen LogP contribution in [0, 0.1) is 6.92 Å². The molecule has 0 heterocycles. The number of rotatable bonds is 5. The van der Waals surface area contributed by atoms with E-state index in [1.54, 1.807) is 0 Å². The molecule has 0 aliphatic rings. The fourth-order valence-corrected chi connectivity index (χ4v) is 3.00. The van der Waals surface area contributed by atoms with E-state index in [1.165, 1.54) is 19.1 Å². The van der Waals surface area contributed by atoms with Crippen molar-refractivity contribution in [1.29, 1.82) is 0 Å². The van der Waals surface area contributed by atoms with E-state index in [-0.39, 0.29) is 10.5 Å². The van der Waals surface area contributed by atoms with Gasteiger partial charge in [-0.3, -0.25) is 0 Å². The van der Waals surface area contributed by atoms with Gasteiger partial charge in [0.15, 0.2) is 9.84 Å². The minimum atomic E-state index is -3.89. The van der Waals surface area contributed by atoms with Crippen LogP contribution in [0.5, 0.6) is 0 Å². The monoisotopic (exact) mass is 278 g/mol. The Morgan fingerprint density at radius 3 is 2.50 bits per heavy atom. The second-order valence-electron chi connectivity index (χ2n) is 3.78. The number of sulfone groups is 1. The van der Waals surface area contributed by atoms with Crippen molar-refractivity contribution in [1.82, 2.24) is 0 Å². The first-order chi connectivity index (χ1) is 8.24. The third kappa shape index (κ3) is 3.49. The summed E-state index contributed by atoms with van der Waals surface area (Å²) in [6.07, 6.45) is -3.47. The summed E-state index contributed by atoms with van der Waals surface area (Å²) in [7, 11) is -3.89. The van der Waals surface area contributed by atoms with Gasteiger partial charge in [0.25, 0.3) is 0 Å². The number of carboxylic acid groups (broad SMARTS) is 1. The van der Waals surface area contributed by atoms with Crippen LogP contribution in [0.15, 0.2) is 23.1 Å². The molecule has 1 N–H and O–H groups in total. The van der Waals surface area contributed by atoms with E-state index >= 15 is 0 Å². The first kappa shape index (κ1) is 14.6. The standard InChI is InChI=1S/C11H12F2O4S/c1-7-2-3-8(11(14)15)6-9(7)18(16,17)5-4-10(12)13/h2-3,6,10H,4-5H2,1H3,(H,14,15). The second kappa shape index (κ2) is 5.43. The van der Waals surface area contributed by atoms with Crippen LogP contribution in [0.3, 0.4) is 0 Å². The van der Waals surface area contributed by atoms with Crippen molar-refractivity contribution < 1.29 is 27.1 Å². The molecule has 18 heavy (non-hydrogen) atoms. The summed E-state index contributed by atoms with van der Waals surface area (Å²) in [5.41, 5.74) is 0.158. The summed E-state index contributed by atoms with van der Waals surface area (Å²) < 4.78 is 47.7. The zero-order valence-corrected chi connectivity index (χ0v) is 10.4. The number of halogens is 2. The summed E-state index contributed by atoms with van der Waals surface area (Å²) in [6.45, 7) is 1.49. The average Bonchev–Trinajstić information content (AvgIpc) is 2.26. The highest BCUT2D eigenvalue weighted by Crippen LogP contribution is 2.20. The highest BCUT2D eigenvalue weighted by Gasteiger charge is 2.20. The van der Waals surface area contributed by atoms with Gasteiger partial charge in [-0.05, 0) is 24.6 Å². The van der Waals surface area contributed by atoms with Crippen LogP contribution in [0.1, 0.15) is 22.3 Å². The number of hydrogen-bond acceptors (Lipinski definition) is 3. The molecular formula is C11H12F2O4S. The van der Waals surface area contributed by atoms with Gasteiger partial charge in [0.1, 0.15) is 0 Å².